The first-order valence-electron chi connectivity index (χ1n) is 8.09. The number of aromatic nitrogens is 2. The molecule has 5 heteroatoms. The molecule has 2 aromatic carbocycles. The summed E-state index contributed by atoms with van der Waals surface area (Å²) in [6, 6.07) is 15.5. The Balaban J connectivity index is 1.58. The molecule has 5 nitrogen and oxygen atoms in total. The summed E-state index contributed by atoms with van der Waals surface area (Å²) in [5, 5.41) is 4.17. The topological polar surface area (TPSA) is 58.1 Å². The maximum atomic E-state index is 12.9. The first-order valence-corrected chi connectivity index (χ1v) is 8.09. The van der Waals surface area contributed by atoms with Gasteiger partial charge in [0.2, 0.25) is 5.91 Å². The lowest BCUT2D eigenvalue weighted by Crippen LogP contribution is -2.40. The summed E-state index contributed by atoms with van der Waals surface area (Å²) >= 11 is 0. The number of hydrogen-bond acceptors (Lipinski definition) is 4. The van der Waals surface area contributed by atoms with E-state index in [1.807, 2.05) is 54.3 Å². The van der Waals surface area contributed by atoms with Crippen molar-refractivity contribution in [2.45, 2.75) is 19.4 Å². The summed E-state index contributed by atoms with van der Waals surface area (Å²) in [5.74, 6) is 0.747. The third-order valence-electron chi connectivity index (χ3n) is 4.42. The summed E-state index contributed by atoms with van der Waals surface area (Å²) in [6.45, 7) is 2.61. The van der Waals surface area contributed by atoms with Crippen LogP contribution in [0.15, 0.2) is 54.9 Å². The van der Waals surface area contributed by atoms with Gasteiger partial charge in [0, 0.05) is 17.6 Å². The predicted molar refractivity (Wildman–Crippen MR) is 95.1 cm³/mol. The van der Waals surface area contributed by atoms with Crippen molar-refractivity contribution in [1.29, 1.82) is 0 Å². The Morgan fingerprint density at radius 3 is 2.83 bits per heavy atom. The zero-order valence-electron chi connectivity index (χ0n) is 13.4. The molecule has 1 unspecified atom stereocenters. The molecular weight excluding hydrogens is 300 g/mol. The monoisotopic (exact) mass is 318 g/mol. The number of carbonyl (C=O) groups is 1. The number of fused-ring (bicyclic) bond motifs is 2. The van der Waals surface area contributed by atoms with Gasteiger partial charge in [0.15, 0.2) is 0 Å². The van der Waals surface area contributed by atoms with Crippen LogP contribution in [0.4, 0.5) is 11.5 Å². The molecule has 120 valence electrons. The average molecular weight is 318 g/mol. The number of nitrogens with one attached hydrogen (secondary N) is 1. The Labute approximate surface area is 140 Å². The zero-order chi connectivity index (χ0) is 16.5. The van der Waals surface area contributed by atoms with Gasteiger partial charge in [-0.25, -0.2) is 9.97 Å². The molecule has 1 aromatic heterocycles. The molecule has 1 aliphatic heterocycles. The van der Waals surface area contributed by atoms with Crippen LogP contribution >= 0.6 is 0 Å². The van der Waals surface area contributed by atoms with Gasteiger partial charge in [0.05, 0.1) is 5.52 Å². The second kappa shape index (κ2) is 5.92. The van der Waals surface area contributed by atoms with Crippen LogP contribution in [0.25, 0.3) is 10.9 Å². The second-order valence-corrected chi connectivity index (χ2v) is 5.97. The molecule has 0 saturated carbocycles. The fraction of sp³-hybridized carbons (Fsp3) is 0.211. The third-order valence-corrected chi connectivity index (χ3v) is 4.42. The minimum Gasteiger partial charge on any atom is -0.358 e. The zero-order valence-corrected chi connectivity index (χ0v) is 13.4. The van der Waals surface area contributed by atoms with E-state index in [0.29, 0.717) is 5.82 Å². The lowest BCUT2D eigenvalue weighted by molar-refractivity contribution is -0.118. The number of para-hydroxylation sites is 2. The minimum absolute atomic E-state index is 0.0580. The molecule has 0 saturated heterocycles. The highest BCUT2D eigenvalue weighted by atomic mass is 16.2. The van der Waals surface area contributed by atoms with Crippen molar-refractivity contribution in [2.24, 2.45) is 0 Å². The fourth-order valence-corrected chi connectivity index (χ4v) is 3.19. The molecule has 1 atom stereocenters. The van der Waals surface area contributed by atoms with Crippen molar-refractivity contribution in [2.75, 3.05) is 16.8 Å². The molecule has 0 radical (unpaired) electrons. The molecule has 24 heavy (non-hydrogen) atoms. The molecule has 0 fully saturated rings. The van der Waals surface area contributed by atoms with Crippen LogP contribution in [0.2, 0.25) is 0 Å². The van der Waals surface area contributed by atoms with E-state index in [2.05, 4.69) is 21.4 Å². The maximum absolute atomic E-state index is 12.9. The van der Waals surface area contributed by atoms with Crippen molar-refractivity contribution in [3.8, 4) is 0 Å². The molecule has 2 heterocycles. The van der Waals surface area contributed by atoms with Crippen molar-refractivity contribution in [3.05, 3.63) is 60.4 Å². The number of rotatable bonds is 3. The minimum atomic E-state index is -0.366. The van der Waals surface area contributed by atoms with Crippen LogP contribution in [-0.2, 0) is 11.2 Å². The summed E-state index contributed by atoms with van der Waals surface area (Å²) in [4.78, 5) is 23.3. The summed E-state index contributed by atoms with van der Waals surface area (Å²) in [5.41, 5.74) is 3.11. The number of hydrogen-bond donors (Lipinski definition) is 1. The van der Waals surface area contributed by atoms with Gasteiger partial charge < -0.3 is 10.2 Å². The van der Waals surface area contributed by atoms with Crippen LogP contribution < -0.4 is 10.2 Å². The highest BCUT2D eigenvalue weighted by molar-refractivity contribution is 6.01. The van der Waals surface area contributed by atoms with Crippen LogP contribution in [0.5, 0.6) is 0 Å². The smallest absolute Gasteiger partial charge is 0.249 e. The average Bonchev–Trinajstić information content (AvgIpc) is 3.05. The summed E-state index contributed by atoms with van der Waals surface area (Å²) in [6.07, 6.45) is 2.43. The van der Waals surface area contributed by atoms with Gasteiger partial charge in [0.25, 0.3) is 0 Å². The number of nitrogens with zero attached hydrogens (tertiary/aromatic N) is 3. The van der Waals surface area contributed by atoms with Crippen LogP contribution in [-0.4, -0.2) is 28.5 Å². The van der Waals surface area contributed by atoms with Gasteiger partial charge in [-0.1, -0.05) is 30.3 Å². The highest BCUT2D eigenvalue weighted by Gasteiger charge is 2.28. The van der Waals surface area contributed by atoms with E-state index in [-0.39, 0.29) is 11.9 Å². The van der Waals surface area contributed by atoms with E-state index in [4.69, 9.17) is 0 Å². The maximum Gasteiger partial charge on any atom is 0.249 e. The number of anilines is 2. The molecule has 1 N–H and O–H groups in total. The molecule has 4 rings (SSSR count). The van der Waals surface area contributed by atoms with Crippen molar-refractivity contribution < 1.29 is 4.79 Å². The molecule has 1 aliphatic rings. The molecular formula is C19H18N4O. The molecule has 1 amide bonds. The van der Waals surface area contributed by atoms with Crippen LogP contribution in [0.1, 0.15) is 12.5 Å². The SMILES string of the molecule is CC(Nc1ncnc2ccccc12)C(=O)N1CCc2ccccc21. The van der Waals surface area contributed by atoms with Crippen LogP contribution in [0, 0.1) is 0 Å². The van der Waals surface area contributed by atoms with Gasteiger partial charge in [-0.3, -0.25) is 4.79 Å². The molecule has 0 aliphatic carbocycles. The standard InChI is InChI=1S/C19H18N4O/c1-13(19(24)23-11-10-14-6-2-5-9-17(14)23)22-18-15-7-3-4-8-16(15)20-12-21-18/h2-9,12-13H,10-11H2,1H3,(H,20,21,22). The Morgan fingerprint density at radius 2 is 1.92 bits per heavy atom. The molecule has 3 aromatic rings. The number of amides is 1. The largest absolute Gasteiger partial charge is 0.358 e. The Morgan fingerprint density at radius 1 is 1.12 bits per heavy atom. The van der Waals surface area contributed by atoms with Crippen molar-refractivity contribution in [3.63, 3.8) is 0 Å². The first kappa shape index (κ1) is 14.6. The van der Waals surface area contributed by atoms with Crippen LogP contribution in [0.3, 0.4) is 0 Å². The quantitative estimate of drug-likeness (QED) is 0.806. The summed E-state index contributed by atoms with van der Waals surface area (Å²) in [7, 11) is 0. The Bertz CT molecular complexity index is 903. The molecule has 0 spiro atoms. The lowest BCUT2D eigenvalue weighted by Gasteiger charge is -2.23. The van der Waals surface area contributed by atoms with Gasteiger partial charge in [0.1, 0.15) is 18.2 Å². The van der Waals surface area contributed by atoms with Crippen molar-refractivity contribution in [1.82, 2.24) is 9.97 Å². The normalized spacial score (nSPS) is 14.5. The van der Waals surface area contributed by atoms with E-state index < -0.39 is 0 Å². The van der Waals surface area contributed by atoms with E-state index in [9.17, 15) is 4.79 Å². The van der Waals surface area contributed by atoms with E-state index in [1.165, 1.54) is 11.9 Å². The summed E-state index contributed by atoms with van der Waals surface area (Å²) < 4.78 is 0. The van der Waals surface area contributed by atoms with Gasteiger partial charge in [-0.05, 0) is 37.1 Å². The third kappa shape index (κ3) is 2.48. The van der Waals surface area contributed by atoms with Crippen molar-refractivity contribution >= 4 is 28.3 Å². The second-order valence-electron chi connectivity index (χ2n) is 5.97. The van der Waals surface area contributed by atoms with E-state index >= 15 is 0 Å². The number of benzene rings is 2. The lowest BCUT2D eigenvalue weighted by atomic mass is 10.2. The first-order chi connectivity index (χ1) is 11.7. The Kier molecular flexibility index (Phi) is 3.61. The van der Waals surface area contributed by atoms with E-state index in [1.54, 1.807) is 0 Å². The van der Waals surface area contributed by atoms with Gasteiger partial charge in [-0.15, -0.1) is 0 Å². The predicted octanol–water partition coefficient (Wildman–Crippen LogP) is 3.02. The molecule has 0 bridgehead atoms. The Hall–Kier alpha value is -2.95. The van der Waals surface area contributed by atoms with Gasteiger partial charge in [-0.2, -0.15) is 0 Å². The number of carbonyl (C=O) groups excluding carboxylic acids is 1. The van der Waals surface area contributed by atoms with Gasteiger partial charge >= 0.3 is 0 Å². The fourth-order valence-electron chi connectivity index (χ4n) is 3.19. The highest BCUT2D eigenvalue weighted by Crippen LogP contribution is 2.28. The van der Waals surface area contributed by atoms with E-state index in [0.717, 1.165) is 29.6 Å².